The molecule has 2 aromatic carbocycles. The summed E-state index contributed by atoms with van der Waals surface area (Å²) in [7, 11) is -2.11. The summed E-state index contributed by atoms with van der Waals surface area (Å²) in [5.74, 6) is 0.852. The predicted octanol–water partition coefficient (Wildman–Crippen LogP) is 6.87. The molecular formula is C26H34NO3Si+. The quantitative estimate of drug-likeness (QED) is 0.300. The number of para-hydroxylation sites is 1. The lowest BCUT2D eigenvalue weighted by molar-refractivity contribution is -0.559. The molecule has 4 nitrogen and oxygen atoms in total. The number of benzene rings is 2. The Balaban J connectivity index is 1.97. The van der Waals surface area contributed by atoms with E-state index in [9.17, 15) is 4.79 Å². The number of aromatic nitrogens is 1. The van der Waals surface area contributed by atoms with Crippen LogP contribution < -0.4 is 8.99 Å². The van der Waals surface area contributed by atoms with Gasteiger partial charge in [0.25, 0.3) is 8.32 Å². The van der Waals surface area contributed by atoms with Crippen molar-refractivity contribution in [2.24, 2.45) is 0 Å². The zero-order chi connectivity index (χ0) is 22.6. The van der Waals surface area contributed by atoms with Crippen LogP contribution in [0.2, 0.25) is 16.6 Å². The molecule has 0 aliphatic heterocycles. The Morgan fingerprint density at radius 2 is 1.42 bits per heavy atom. The normalized spacial score (nSPS) is 12.0. The van der Waals surface area contributed by atoms with Gasteiger partial charge in [-0.05, 0) is 28.3 Å². The van der Waals surface area contributed by atoms with E-state index in [1.54, 1.807) is 10.8 Å². The van der Waals surface area contributed by atoms with Gasteiger partial charge in [-0.15, -0.1) is 0 Å². The SMILES string of the molecule is CC(C)[Si](Oc1cc[n+](C(=O)OCc2ccccc2)c2ccccc12)(C(C)C)C(C)C. The van der Waals surface area contributed by atoms with E-state index in [1.165, 1.54) is 0 Å². The Labute approximate surface area is 187 Å². The summed E-state index contributed by atoms with van der Waals surface area (Å²) in [6.45, 7) is 13.9. The molecule has 0 spiro atoms. The maximum Gasteiger partial charge on any atom is 0.602 e. The molecule has 31 heavy (non-hydrogen) atoms. The molecule has 0 saturated carbocycles. The molecule has 0 aliphatic carbocycles. The lowest BCUT2D eigenvalue weighted by Gasteiger charge is -2.42. The molecule has 3 rings (SSSR count). The van der Waals surface area contributed by atoms with Gasteiger partial charge in [0.05, 0.1) is 5.39 Å². The van der Waals surface area contributed by atoms with Crippen LogP contribution in [-0.2, 0) is 11.3 Å². The highest BCUT2D eigenvalue weighted by molar-refractivity contribution is 6.78. The minimum Gasteiger partial charge on any atom is -0.542 e. The maximum absolute atomic E-state index is 12.9. The fourth-order valence-electron chi connectivity index (χ4n) is 4.79. The summed E-state index contributed by atoms with van der Waals surface area (Å²) in [6.07, 6.45) is 1.37. The van der Waals surface area contributed by atoms with Gasteiger partial charge in [-0.3, -0.25) is 0 Å². The van der Waals surface area contributed by atoms with Gasteiger partial charge in [0.2, 0.25) is 5.52 Å². The molecule has 0 radical (unpaired) electrons. The third kappa shape index (κ3) is 4.66. The number of fused-ring (bicyclic) bond motifs is 1. The fraction of sp³-hybridized carbons (Fsp3) is 0.385. The number of nitrogens with zero attached hydrogens (tertiary/aromatic N) is 1. The first-order valence-electron chi connectivity index (χ1n) is 11.1. The standard InChI is InChI=1S/C26H34NO3Si/c1-19(2)31(20(3)4,21(5)6)30-25-16-17-27(24-15-11-10-14-23(24)25)26(28)29-18-22-12-8-7-9-13-22/h7-17,19-21H,18H2,1-6H3/q+1. The van der Waals surface area contributed by atoms with Crippen molar-refractivity contribution < 1.29 is 18.5 Å². The van der Waals surface area contributed by atoms with Crippen molar-refractivity contribution in [3.63, 3.8) is 0 Å². The number of pyridine rings is 1. The van der Waals surface area contributed by atoms with E-state index in [2.05, 4.69) is 41.5 Å². The molecule has 0 bridgehead atoms. The van der Waals surface area contributed by atoms with Crippen molar-refractivity contribution in [2.75, 3.05) is 0 Å². The molecule has 0 N–H and O–H groups in total. The Bertz CT molecular complexity index is 1010. The van der Waals surface area contributed by atoms with Crippen molar-refractivity contribution in [3.8, 4) is 5.75 Å². The second-order valence-electron chi connectivity index (χ2n) is 9.03. The fourth-order valence-corrected chi connectivity index (χ4v) is 10.1. The monoisotopic (exact) mass is 436 g/mol. The van der Waals surface area contributed by atoms with Crippen molar-refractivity contribution in [3.05, 3.63) is 72.4 Å². The molecular weight excluding hydrogens is 402 g/mol. The first-order chi connectivity index (χ1) is 14.8. The van der Waals surface area contributed by atoms with E-state index in [-0.39, 0.29) is 6.61 Å². The number of ether oxygens (including phenoxy) is 1. The van der Waals surface area contributed by atoms with Gasteiger partial charge in [0, 0.05) is 12.1 Å². The molecule has 3 aromatic rings. The van der Waals surface area contributed by atoms with Gasteiger partial charge in [-0.2, -0.15) is 4.79 Å². The number of hydrogen-bond acceptors (Lipinski definition) is 3. The van der Waals surface area contributed by atoms with E-state index >= 15 is 0 Å². The molecule has 164 valence electrons. The predicted molar refractivity (Wildman–Crippen MR) is 128 cm³/mol. The smallest absolute Gasteiger partial charge is 0.542 e. The molecule has 0 unspecified atom stereocenters. The molecule has 5 heteroatoms. The number of carbonyl (C=O) groups is 1. The van der Waals surface area contributed by atoms with Crippen molar-refractivity contribution in [2.45, 2.75) is 64.8 Å². The molecule has 0 atom stereocenters. The molecule has 1 heterocycles. The van der Waals surface area contributed by atoms with Crippen LogP contribution in [0.3, 0.4) is 0 Å². The summed E-state index contributed by atoms with van der Waals surface area (Å²) in [6, 6.07) is 19.5. The largest absolute Gasteiger partial charge is 0.602 e. The summed E-state index contributed by atoms with van der Waals surface area (Å²) >= 11 is 0. The van der Waals surface area contributed by atoms with Crippen molar-refractivity contribution in [1.82, 2.24) is 0 Å². The number of carbonyl (C=O) groups excluding carboxylic acids is 1. The van der Waals surface area contributed by atoms with E-state index < -0.39 is 14.4 Å². The van der Waals surface area contributed by atoms with Crippen LogP contribution in [0.4, 0.5) is 4.79 Å². The third-order valence-corrected chi connectivity index (χ3v) is 12.2. The lowest BCUT2D eigenvalue weighted by atomic mass is 10.2. The summed E-state index contributed by atoms with van der Waals surface area (Å²) in [5.41, 5.74) is 3.15. The van der Waals surface area contributed by atoms with Crippen LogP contribution in [0.15, 0.2) is 66.9 Å². The van der Waals surface area contributed by atoms with Gasteiger partial charge in [-0.25, -0.2) is 0 Å². The molecule has 0 aliphatic rings. The van der Waals surface area contributed by atoms with E-state index in [0.717, 1.165) is 22.2 Å². The van der Waals surface area contributed by atoms with Gasteiger partial charge in [-0.1, -0.05) is 88.6 Å². The second kappa shape index (κ2) is 9.65. The van der Waals surface area contributed by atoms with Crippen LogP contribution in [-0.4, -0.2) is 14.4 Å². The van der Waals surface area contributed by atoms with E-state index in [4.69, 9.17) is 9.16 Å². The Morgan fingerprint density at radius 3 is 2.03 bits per heavy atom. The summed E-state index contributed by atoms with van der Waals surface area (Å²) < 4.78 is 14.1. The zero-order valence-corrected chi connectivity index (χ0v) is 20.5. The minimum absolute atomic E-state index is 0.239. The van der Waals surface area contributed by atoms with Gasteiger partial charge >= 0.3 is 6.09 Å². The maximum atomic E-state index is 12.9. The highest BCUT2D eigenvalue weighted by Crippen LogP contribution is 2.43. The summed E-state index contributed by atoms with van der Waals surface area (Å²) in [5, 5.41) is 0.931. The van der Waals surface area contributed by atoms with Crippen LogP contribution in [0.25, 0.3) is 10.9 Å². The molecule has 0 saturated heterocycles. The molecule has 0 amide bonds. The van der Waals surface area contributed by atoms with Crippen LogP contribution in [0.1, 0.15) is 47.1 Å². The second-order valence-corrected chi connectivity index (χ2v) is 14.4. The minimum atomic E-state index is -2.11. The van der Waals surface area contributed by atoms with E-state index in [1.807, 2.05) is 60.7 Å². The zero-order valence-electron chi connectivity index (χ0n) is 19.5. The lowest BCUT2D eigenvalue weighted by Crippen LogP contribution is -2.51. The number of hydrogen-bond donors (Lipinski definition) is 0. The average molecular weight is 437 g/mol. The van der Waals surface area contributed by atoms with Crippen LogP contribution >= 0.6 is 0 Å². The van der Waals surface area contributed by atoms with Crippen molar-refractivity contribution in [1.29, 1.82) is 0 Å². The first-order valence-corrected chi connectivity index (χ1v) is 13.2. The number of rotatable bonds is 7. The highest BCUT2D eigenvalue weighted by Gasteiger charge is 2.47. The Kier molecular flexibility index (Phi) is 7.16. The average Bonchev–Trinajstić information content (AvgIpc) is 2.75. The first kappa shape index (κ1) is 23.0. The highest BCUT2D eigenvalue weighted by atomic mass is 28.4. The Hall–Kier alpha value is -2.66. The Morgan fingerprint density at radius 1 is 0.839 bits per heavy atom. The third-order valence-electron chi connectivity index (χ3n) is 6.20. The topological polar surface area (TPSA) is 39.4 Å². The van der Waals surface area contributed by atoms with Gasteiger partial charge < -0.3 is 9.16 Å². The van der Waals surface area contributed by atoms with Crippen molar-refractivity contribution >= 4 is 25.3 Å². The molecule has 0 fully saturated rings. The van der Waals surface area contributed by atoms with Crippen LogP contribution in [0, 0.1) is 0 Å². The molecule has 1 aromatic heterocycles. The van der Waals surface area contributed by atoms with Gasteiger partial charge in [0.15, 0.2) is 6.20 Å². The van der Waals surface area contributed by atoms with Crippen LogP contribution in [0.5, 0.6) is 5.75 Å². The van der Waals surface area contributed by atoms with E-state index in [0.29, 0.717) is 16.6 Å². The van der Waals surface area contributed by atoms with Gasteiger partial charge in [0.1, 0.15) is 12.4 Å². The summed E-state index contributed by atoms with van der Waals surface area (Å²) in [4.78, 5) is 12.9.